The normalized spacial score (nSPS) is 12.2. The number of rotatable bonds is 4. The molecule has 0 spiro atoms. The highest BCUT2D eigenvalue weighted by Crippen LogP contribution is 2.36. The molecule has 0 radical (unpaired) electrons. The molecule has 1 atom stereocenters. The minimum atomic E-state index is -0.554. The first-order valence-corrected chi connectivity index (χ1v) is 8.43. The Morgan fingerprint density at radius 1 is 1.26 bits per heavy atom. The molecule has 0 aliphatic rings. The average molecular weight is 469 g/mol. The maximum absolute atomic E-state index is 11.6. The summed E-state index contributed by atoms with van der Waals surface area (Å²) in [6.45, 7) is 0. The van der Waals surface area contributed by atoms with E-state index in [1.165, 1.54) is 11.3 Å². The number of nitrogens with one attached hydrogen (secondary N) is 1. The highest BCUT2D eigenvalue weighted by molar-refractivity contribution is 9.13. The number of hydrogen-bond donors (Lipinski definition) is 2. The van der Waals surface area contributed by atoms with Gasteiger partial charge in [0.15, 0.2) is 0 Å². The lowest BCUT2D eigenvalue weighted by atomic mass is 10.2. The Morgan fingerprint density at radius 2 is 2.00 bits per heavy atom. The van der Waals surface area contributed by atoms with Crippen LogP contribution in [0.15, 0.2) is 43.1 Å². The monoisotopic (exact) mass is 466 g/mol. The second-order valence-corrected chi connectivity index (χ2v) is 7.93. The van der Waals surface area contributed by atoms with Crippen molar-refractivity contribution in [3.63, 3.8) is 0 Å². The summed E-state index contributed by atoms with van der Waals surface area (Å²) < 4.78 is 2.79. The van der Waals surface area contributed by atoms with E-state index in [1.54, 1.807) is 0 Å². The topological polar surface area (TPSA) is 55.1 Å². The van der Waals surface area contributed by atoms with E-state index in [2.05, 4.69) is 53.1 Å². The molecule has 0 bridgehead atoms. The van der Waals surface area contributed by atoms with Gasteiger partial charge in [-0.05, 0) is 56.1 Å². The molecule has 1 amide bonds. The highest BCUT2D eigenvalue weighted by atomic mass is 79.9. The van der Waals surface area contributed by atoms with E-state index >= 15 is 0 Å². The zero-order valence-electron chi connectivity index (χ0n) is 9.49. The summed E-state index contributed by atoms with van der Waals surface area (Å²) in [5, 5.41) is 3.14. The van der Waals surface area contributed by atoms with E-state index in [0.717, 1.165) is 23.3 Å². The van der Waals surface area contributed by atoms with Gasteiger partial charge in [-0.25, -0.2) is 0 Å². The van der Waals surface area contributed by atoms with E-state index in [0.29, 0.717) is 0 Å². The van der Waals surface area contributed by atoms with Gasteiger partial charge in [-0.2, -0.15) is 0 Å². The number of carbonyl (C=O) groups is 1. The van der Waals surface area contributed by atoms with Crippen molar-refractivity contribution in [1.82, 2.24) is 0 Å². The first-order valence-electron chi connectivity index (χ1n) is 5.23. The van der Waals surface area contributed by atoms with Gasteiger partial charge in [-0.15, -0.1) is 11.3 Å². The molecule has 7 heteroatoms. The second kappa shape index (κ2) is 6.39. The van der Waals surface area contributed by atoms with E-state index in [-0.39, 0.29) is 0 Å². The van der Waals surface area contributed by atoms with E-state index in [9.17, 15) is 4.79 Å². The molecule has 1 unspecified atom stereocenters. The highest BCUT2D eigenvalue weighted by Gasteiger charge is 2.21. The first-order chi connectivity index (χ1) is 8.97. The van der Waals surface area contributed by atoms with E-state index < -0.39 is 11.9 Å². The number of anilines is 1. The van der Waals surface area contributed by atoms with Gasteiger partial charge in [0.2, 0.25) is 5.91 Å². The lowest BCUT2D eigenvalue weighted by Crippen LogP contribution is -2.26. The van der Waals surface area contributed by atoms with Gasteiger partial charge >= 0.3 is 0 Å². The fourth-order valence-electron chi connectivity index (χ4n) is 1.53. The third-order valence-electron chi connectivity index (χ3n) is 2.37. The van der Waals surface area contributed by atoms with Crippen LogP contribution in [0.1, 0.15) is 10.9 Å². The molecule has 2 aromatic rings. The van der Waals surface area contributed by atoms with Gasteiger partial charge in [0.05, 0.1) is 3.79 Å². The average Bonchev–Trinajstić information content (AvgIpc) is 2.66. The number of hydrogen-bond acceptors (Lipinski definition) is 3. The predicted molar refractivity (Wildman–Crippen MR) is 89.4 cm³/mol. The van der Waals surface area contributed by atoms with Crippen molar-refractivity contribution in [3.8, 4) is 0 Å². The smallest absolute Gasteiger partial charge is 0.245 e. The first kappa shape index (κ1) is 15.0. The summed E-state index contributed by atoms with van der Waals surface area (Å²) in [5.74, 6) is -0.416. The minimum Gasteiger partial charge on any atom is -0.369 e. The molecule has 1 heterocycles. The minimum absolute atomic E-state index is 0.416. The van der Waals surface area contributed by atoms with Crippen LogP contribution in [0, 0.1) is 0 Å². The Labute approximate surface area is 140 Å². The van der Waals surface area contributed by atoms with Crippen molar-refractivity contribution in [2.24, 2.45) is 5.73 Å². The van der Waals surface area contributed by atoms with Gasteiger partial charge in [0, 0.05) is 19.5 Å². The van der Waals surface area contributed by atoms with Crippen molar-refractivity contribution in [2.75, 3.05) is 5.32 Å². The van der Waals surface area contributed by atoms with Crippen molar-refractivity contribution in [3.05, 3.63) is 47.9 Å². The van der Waals surface area contributed by atoms with Crippen LogP contribution in [0.4, 0.5) is 5.69 Å². The molecule has 1 aromatic carbocycles. The molecule has 19 heavy (non-hydrogen) atoms. The molecule has 0 saturated carbocycles. The van der Waals surface area contributed by atoms with Crippen LogP contribution in [-0.4, -0.2) is 5.91 Å². The predicted octanol–water partition coefficient (Wildman–Crippen LogP) is 4.67. The lowest BCUT2D eigenvalue weighted by molar-refractivity contribution is -0.118. The van der Waals surface area contributed by atoms with E-state index in [4.69, 9.17) is 5.73 Å². The third-order valence-corrected chi connectivity index (χ3v) is 6.18. The van der Waals surface area contributed by atoms with Gasteiger partial charge < -0.3 is 11.1 Å². The molecular formula is C12H9Br3N2OS. The number of carbonyl (C=O) groups excluding carboxylic acids is 1. The number of primary amides is 1. The molecule has 1 aromatic heterocycles. The van der Waals surface area contributed by atoms with E-state index in [1.807, 2.05) is 30.3 Å². The number of thiophene rings is 1. The van der Waals surface area contributed by atoms with Crippen LogP contribution in [0.2, 0.25) is 0 Å². The Hall–Kier alpha value is -0.370. The summed E-state index contributed by atoms with van der Waals surface area (Å²) in [5.41, 5.74) is 6.31. The van der Waals surface area contributed by atoms with Crippen molar-refractivity contribution in [2.45, 2.75) is 6.04 Å². The standard InChI is InChI=1S/C12H9Br3N2OS/c13-6-2-1-3-7(4-6)17-10(12(16)18)9-5-8(14)11(15)19-9/h1-5,10,17H,(H2,16,18). The molecular weight excluding hydrogens is 460 g/mol. The molecule has 0 fully saturated rings. The fraction of sp³-hybridized carbons (Fsp3) is 0.0833. The third kappa shape index (κ3) is 3.81. The quantitative estimate of drug-likeness (QED) is 0.684. The molecule has 2 rings (SSSR count). The van der Waals surface area contributed by atoms with Crippen LogP contribution in [0.3, 0.4) is 0 Å². The lowest BCUT2D eigenvalue weighted by Gasteiger charge is -2.15. The fourth-order valence-corrected chi connectivity index (χ4v) is 4.08. The largest absolute Gasteiger partial charge is 0.369 e. The van der Waals surface area contributed by atoms with Crippen LogP contribution < -0.4 is 11.1 Å². The zero-order chi connectivity index (χ0) is 14.0. The Bertz CT molecular complexity index is 595. The van der Waals surface area contributed by atoms with Crippen molar-refractivity contribution >= 4 is 70.7 Å². The van der Waals surface area contributed by atoms with Gasteiger partial charge in [-0.1, -0.05) is 22.0 Å². The summed E-state index contributed by atoms with van der Waals surface area (Å²) in [6, 6.07) is 8.93. The number of amides is 1. The Balaban J connectivity index is 2.29. The van der Waals surface area contributed by atoms with Crippen molar-refractivity contribution < 1.29 is 4.79 Å². The second-order valence-electron chi connectivity index (χ2n) is 3.76. The summed E-state index contributed by atoms with van der Waals surface area (Å²) >= 11 is 11.7. The maximum atomic E-state index is 11.6. The molecule has 100 valence electrons. The van der Waals surface area contributed by atoms with Crippen LogP contribution in [0.5, 0.6) is 0 Å². The van der Waals surface area contributed by atoms with Crippen LogP contribution in [0.25, 0.3) is 0 Å². The Morgan fingerprint density at radius 3 is 2.53 bits per heavy atom. The zero-order valence-corrected chi connectivity index (χ0v) is 15.1. The number of halogens is 3. The molecule has 0 saturated heterocycles. The number of benzene rings is 1. The van der Waals surface area contributed by atoms with Gasteiger partial charge in [0.25, 0.3) is 0 Å². The van der Waals surface area contributed by atoms with Gasteiger partial charge in [-0.3, -0.25) is 4.79 Å². The number of nitrogens with two attached hydrogens (primary N) is 1. The maximum Gasteiger partial charge on any atom is 0.245 e. The van der Waals surface area contributed by atoms with Crippen LogP contribution in [-0.2, 0) is 4.79 Å². The van der Waals surface area contributed by atoms with Crippen molar-refractivity contribution in [1.29, 1.82) is 0 Å². The summed E-state index contributed by atoms with van der Waals surface area (Å²) in [7, 11) is 0. The van der Waals surface area contributed by atoms with Gasteiger partial charge in [0.1, 0.15) is 6.04 Å². The molecule has 3 nitrogen and oxygen atoms in total. The molecule has 0 aliphatic carbocycles. The Kier molecular flexibility index (Phi) is 5.05. The molecule has 3 N–H and O–H groups in total. The van der Waals surface area contributed by atoms with Crippen LogP contribution >= 0.6 is 59.1 Å². The summed E-state index contributed by atoms with van der Waals surface area (Å²) in [4.78, 5) is 12.5. The SMILES string of the molecule is NC(=O)C(Nc1cccc(Br)c1)c1cc(Br)c(Br)s1. The summed E-state index contributed by atoms with van der Waals surface area (Å²) in [6.07, 6.45) is 0. The molecule has 0 aliphatic heterocycles.